The minimum atomic E-state index is -0.370. The lowest BCUT2D eigenvalue weighted by atomic mass is 10.2. The van der Waals surface area contributed by atoms with Crippen molar-refractivity contribution < 1.29 is 9.59 Å². The fourth-order valence-electron chi connectivity index (χ4n) is 1.74. The lowest BCUT2D eigenvalue weighted by molar-refractivity contribution is 0.102. The van der Waals surface area contributed by atoms with Gasteiger partial charge in [0.1, 0.15) is 0 Å². The maximum absolute atomic E-state index is 12.0. The van der Waals surface area contributed by atoms with Gasteiger partial charge in [0.25, 0.3) is 0 Å². The van der Waals surface area contributed by atoms with Crippen LogP contribution in [0.5, 0.6) is 0 Å². The van der Waals surface area contributed by atoms with Gasteiger partial charge < -0.3 is 0 Å². The Bertz CT molecular complexity index is 818. The Labute approximate surface area is 150 Å². The van der Waals surface area contributed by atoms with Crippen LogP contribution in [-0.2, 0) is 0 Å². The molecule has 0 spiro atoms. The number of anilines is 2. The molecule has 2 N–H and O–H groups in total. The molecule has 122 valence electrons. The molecule has 6 nitrogen and oxygen atoms in total. The normalized spacial score (nSPS) is 10.3. The molecule has 9 heteroatoms. The van der Waals surface area contributed by atoms with Crippen molar-refractivity contribution in [3.8, 4) is 0 Å². The SMILES string of the molecule is O=C(Nc1cccs1)Nc1nnc(SCC(=O)c2ccccc2)s1. The number of urea groups is 1. The number of rotatable bonds is 6. The van der Waals surface area contributed by atoms with Crippen molar-refractivity contribution in [2.75, 3.05) is 16.4 Å². The molecule has 0 fully saturated rings. The molecule has 2 heterocycles. The first kappa shape index (κ1) is 16.6. The third-order valence-electron chi connectivity index (χ3n) is 2.81. The summed E-state index contributed by atoms with van der Waals surface area (Å²) in [6.45, 7) is 0. The number of benzene rings is 1. The minimum absolute atomic E-state index is 0.0285. The maximum atomic E-state index is 12.0. The van der Waals surface area contributed by atoms with Gasteiger partial charge in [0.05, 0.1) is 10.8 Å². The molecule has 0 aliphatic rings. The Morgan fingerprint density at radius 2 is 1.88 bits per heavy atom. The van der Waals surface area contributed by atoms with E-state index < -0.39 is 0 Å². The Hall–Kier alpha value is -2.23. The fourth-order valence-corrected chi connectivity index (χ4v) is 4.00. The molecule has 24 heavy (non-hydrogen) atoms. The summed E-state index contributed by atoms with van der Waals surface area (Å²) in [6, 6.07) is 12.4. The van der Waals surface area contributed by atoms with E-state index in [1.54, 1.807) is 18.2 Å². The molecule has 2 aromatic heterocycles. The first-order valence-corrected chi connectivity index (χ1v) is 9.55. The number of hydrogen-bond donors (Lipinski definition) is 2. The number of carbonyl (C=O) groups excluding carboxylic acids is 2. The number of amides is 2. The minimum Gasteiger partial charge on any atom is -0.299 e. The fraction of sp³-hybridized carbons (Fsp3) is 0.0667. The lowest BCUT2D eigenvalue weighted by Crippen LogP contribution is -2.18. The second-order valence-electron chi connectivity index (χ2n) is 4.51. The predicted octanol–water partition coefficient (Wildman–Crippen LogP) is 4.22. The number of nitrogens with zero attached hydrogens (tertiary/aromatic N) is 2. The molecule has 0 aliphatic carbocycles. The van der Waals surface area contributed by atoms with Crippen LogP contribution in [0.4, 0.5) is 14.9 Å². The third kappa shape index (κ3) is 4.63. The van der Waals surface area contributed by atoms with Gasteiger partial charge in [0, 0.05) is 5.56 Å². The number of hydrogen-bond acceptors (Lipinski definition) is 7. The molecule has 0 bridgehead atoms. The molecule has 0 radical (unpaired) electrons. The lowest BCUT2D eigenvalue weighted by Gasteiger charge is -2.01. The molecular weight excluding hydrogens is 364 g/mol. The Morgan fingerprint density at radius 1 is 1.04 bits per heavy atom. The topological polar surface area (TPSA) is 84.0 Å². The van der Waals surface area contributed by atoms with E-state index in [1.807, 2.05) is 29.6 Å². The van der Waals surface area contributed by atoms with Crippen molar-refractivity contribution in [3.63, 3.8) is 0 Å². The Kier molecular flexibility index (Phi) is 5.57. The van der Waals surface area contributed by atoms with Gasteiger partial charge in [-0.15, -0.1) is 21.5 Å². The number of nitrogens with one attached hydrogen (secondary N) is 2. The average Bonchev–Trinajstić information content (AvgIpc) is 3.25. The molecular formula is C15H12N4O2S3. The summed E-state index contributed by atoms with van der Waals surface area (Å²) in [6.07, 6.45) is 0. The standard InChI is InChI=1S/C15H12N4O2S3/c20-11(10-5-2-1-3-6-10)9-23-15-19-18-14(24-15)17-13(21)16-12-7-4-8-22-12/h1-8H,9H2,(H2,16,17,18,21). The molecule has 0 unspecified atom stereocenters. The number of ketones is 1. The summed E-state index contributed by atoms with van der Waals surface area (Å²) < 4.78 is 0.630. The van der Waals surface area contributed by atoms with Crippen molar-refractivity contribution in [2.45, 2.75) is 4.34 Å². The van der Waals surface area contributed by atoms with Gasteiger partial charge in [-0.2, -0.15) is 0 Å². The first-order valence-electron chi connectivity index (χ1n) is 6.87. The summed E-state index contributed by atoms with van der Waals surface area (Å²) in [7, 11) is 0. The van der Waals surface area contributed by atoms with E-state index in [-0.39, 0.29) is 17.6 Å². The summed E-state index contributed by atoms with van der Waals surface area (Å²) in [5.74, 6) is 0.306. The van der Waals surface area contributed by atoms with Crippen molar-refractivity contribution >= 4 is 56.4 Å². The predicted molar refractivity (Wildman–Crippen MR) is 98.4 cm³/mol. The molecule has 1 aromatic carbocycles. The van der Waals surface area contributed by atoms with Gasteiger partial charge in [0.2, 0.25) is 5.13 Å². The van der Waals surface area contributed by atoms with Crippen LogP contribution in [0, 0.1) is 0 Å². The van der Waals surface area contributed by atoms with Crippen LogP contribution in [-0.4, -0.2) is 27.8 Å². The van der Waals surface area contributed by atoms with E-state index in [2.05, 4.69) is 20.8 Å². The van der Waals surface area contributed by atoms with Gasteiger partial charge in [-0.1, -0.05) is 53.4 Å². The number of thiophene rings is 1. The highest BCUT2D eigenvalue weighted by atomic mass is 32.2. The van der Waals surface area contributed by atoms with Crippen LogP contribution in [0.15, 0.2) is 52.2 Å². The number of carbonyl (C=O) groups is 2. The zero-order valence-electron chi connectivity index (χ0n) is 12.3. The molecule has 0 saturated heterocycles. The molecule has 3 rings (SSSR count). The smallest absolute Gasteiger partial charge is 0.299 e. The largest absolute Gasteiger partial charge is 0.326 e. The molecule has 3 aromatic rings. The first-order chi connectivity index (χ1) is 11.7. The van der Waals surface area contributed by atoms with Crippen LogP contribution in [0.1, 0.15) is 10.4 Å². The van der Waals surface area contributed by atoms with E-state index >= 15 is 0 Å². The van der Waals surface area contributed by atoms with E-state index in [9.17, 15) is 9.59 Å². The summed E-state index contributed by atoms with van der Waals surface area (Å²) in [4.78, 5) is 23.8. The van der Waals surface area contributed by atoms with Gasteiger partial charge in [0.15, 0.2) is 10.1 Å². The summed E-state index contributed by atoms with van der Waals surface area (Å²) in [5, 5.41) is 16.2. The number of thioether (sulfide) groups is 1. The Balaban J connectivity index is 1.50. The van der Waals surface area contributed by atoms with Crippen LogP contribution in [0.2, 0.25) is 0 Å². The highest BCUT2D eigenvalue weighted by molar-refractivity contribution is 8.01. The van der Waals surface area contributed by atoms with Crippen molar-refractivity contribution in [2.24, 2.45) is 0 Å². The quantitative estimate of drug-likeness (QED) is 0.382. The van der Waals surface area contributed by atoms with Gasteiger partial charge in [-0.25, -0.2) is 4.79 Å². The summed E-state index contributed by atoms with van der Waals surface area (Å²) in [5.41, 5.74) is 0.670. The zero-order valence-corrected chi connectivity index (χ0v) is 14.7. The zero-order chi connectivity index (χ0) is 16.8. The van der Waals surface area contributed by atoms with E-state index in [4.69, 9.17) is 0 Å². The monoisotopic (exact) mass is 376 g/mol. The summed E-state index contributed by atoms with van der Waals surface area (Å²) >= 11 is 3.96. The highest BCUT2D eigenvalue weighted by Gasteiger charge is 2.11. The van der Waals surface area contributed by atoms with Crippen molar-refractivity contribution in [1.82, 2.24) is 10.2 Å². The van der Waals surface area contributed by atoms with Gasteiger partial charge >= 0.3 is 6.03 Å². The second-order valence-corrected chi connectivity index (χ2v) is 7.66. The van der Waals surface area contributed by atoms with E-state index in [0.29, 0.717) is 15.0 Å². The number of aromatic nitrogens is 2. The van der Waals surface area contributed by atoms with Crippen LogP contribution in [0.25, 0.3) is 0 Å². The van der Waals surface area contributed by atoms with Gasteiger partial charge in [-0.3, -0.25) is 15.4 Å². The Morgan fingerprint density at radius 3 is 2.62 bits per heavy atom. The molecule has 2 amide bonds. The molecule has 0 aliphatic heterocycles. The van der Waals surface area contributed by atoms with Gasteiger partial charge in [-0.05, 0) is 17.5 Å². The average molecular weight is 376 g/mol. The van der Waals surface area contributed by atoms with Crippen LogP contribution < -0.4 is 10.6 Å². The molecule has 0 atom stereocenters. The van der Waals surface area contributed by atoms with Crippen molar-refractivity contribution in [1.29, 1.82) is 0 Å². The molecule has 0 saturated carbocycles. The third-order valence-corrected chi connectivity index (χ3v) is 5.56. The van der Waals surface area contributed by atoms with Crippen LogP contribution >= 0.6 is 34.4 Å². The van der Waals surface area contributed by atoms with Crippen molar-refractivity contribution in [3.05, 3.63) is 53.4 Å². The van der Waals surface area contributed by atoms with Crippen LogP contribution in [0.3, 0.4) is 0 Å². The maximum Gasteiger partial charge on any atom is 0.326 e. The number of Topliss-reactive ketones (excluding diaryl/α,β-unsaturated/α-hetero) is 1. The second kappa shape index (κ2) is 8.04. The highest BCUT2D eigenvalue weighted by Crippen LogP contribution is 2.26. The van der Waals surface area contributed by atoms with E-state index in [1.165, 1.54) is 34.4 Å². The van der Waals surface area contributed by atoms with E-state index in [0.717, 1.165) is 5.00 Å².